The van der Waals surface area contributed by atoms with Crippen molar-refractivity contribution in [3.63, 3.8) is 0 Å². The van der Waals surface area contributed by atoms with Crippen molar-refractivity contribution in [3.05, 3.63) is 53.4 Å². The molecule has 2 nitrogen and oxygen atoms in total. The summed E-state index contributed by atoms with van der Waals surface area (Å²) in [5, 5.41) is 9.38. The number of rotatable bonds is 1. The lowest BCUT2D eigenvalue weighted by atomic mass is 10.00. The molecule has 0 saturated carbocycles. The molecule has 0 fully saturated rings. The number of aryl methyl sites for hydroxylation is 1. The van der Waals surface area contributed by atoms with Crippen molar-refractivity contribution in [1.82, 2.24) is 0 Å². The maximum Gasteiger partial charge on any atom is 0.137 e. The summed E-state index contributed by atoms with van der Waals surface area (Å²) in [6.45, 7) is 2.10. The highest BCUT2D eigenvalue weighted by Crippen LogP contribution is 2.29. The van der Waals surface area contributed by atoms with Crippen LogP contribution < -0.4 is 5.36 Å². The first-order chi connectivity index (χ1) is 8.28. The van der Waals surface area contributed by atoms with E-state index in [9.17, 15) is 0 Å². The minimum absolute atomic E-state index is 0.508. The molecule has 0 radical (unpaired) electrons. The van der Waals surface area contributed by atoms with Crippen LogP contribution >= 0.6 is 0 Å². The van der Waals surface area contributed by atoms with Crippen molar-refractivity contribution in [2.75, 3.05) is 0 Å². The molecule has 0 saturated heterocycles. The molecule has 84 valence electrons. The van der Waals surface area contributed by atoms with Crippen LogP contribution in [0.25, 0.3) is 22.3 Å². The first-order valence-electron chi connectivity index (χ1n) is 5.78. The SMILES string of the molecule is CCc1cc(=N)cc2oc3ccccc3cc1-2. The van der Waals surface area contributed by atoms with E-state index in [1.54, 1.807) is 6.07 Å². The zero-order valence-corrected chi connectivity index (χ0v) is 9.66. The number of fused-ring (bicyclic) bond motifs is 2. The number of hydrogen-bond acceptors (Lipinski definition) is 2. The third-order valence-corrected chi connectivity index (χ3v) is 3.05. The molecular formula is C15H13NO. The Morgan fingerprint density at radius 1 is 1.12 bits per heavy atom. The number of hydrogen-bond donors (Lipinski definition) is 1. The van der Waals surface area contributed by atoms with E-state index in [1.807, 2.05) is 30.3 Å². The average molecular weight is 223 g/mol. The maximum absolute atomic E-state index is 7.77. The summed E-state index contributed by atoms with van der Waals surface area (Å²) in [7, 11) is 0. The summed E-state index contributed by atoms with van der Waals surface area (Å²) >= 11 is 0. The Morgan fingerprint density at radius 3 is 2.76 bits per heavy atom. The van der Waals surface area contributed by atoms with E-state index in [0.29, 0.717) is 5.36 Å². The second-order valence-corrected chi connectivity index (χ2v) is 4.18. The first kappa shape index (κ1) is 10.1. The summed E-state index contributed by atoms with van der Waals surface area (Å²) in [4.78, 5) is 0. The van der Waals surface area contributed by atoms with Crippen molar-refractivity contribution in [1.29, 1.82) is 5.41 Å². The average Bonchev–Trinajstić information content (AvgIpc) is 2.35. The van der Waals surface area contributed by atoms with Gasteiger partial charge in [0.05, 0.1) is 5.36 Å². The third-order valence-electron chi connectivity index (χ3n) is 3.05. The zero-order valence-electron chi connectivity index (χ0n) is 9.66. The first-order valence-corrected chi connectivity index (χ1v) is 5.78. The van der Waals surface area contributed by atoms with Crippen LogP contribution in [-0.2, 0) is 6.42 Å². The predicted octanol–water partition coefficient (Wildman–Crippen LogP) is 3.58. The zero-order chi connectivity index (χ0) is 11.8. The van der Waals surface area contributed by atoms with E-state index >= 15 is 0 Å². The van der Waals surface area contributed by atoms with Crippen LogP contribution in [0, 0.1) is 5.41 Å². The van der Waals surface area contributed by atoms with Crippen LogP contribution in [0.4, 0.5) is 0 Å². The fourth-order valence-corrected chi connectivity index (χ4v) is 2.19. The molecule has 1 heterocycles. The molecule has 1 N–H and O–H groups in total. The van der Waals surface area contributed by atoms with Gasteiger partial charge in [-0.25, -0.2) is 0 Å². The molecule has 0 unspecified atom stereocenters. The van der Waals surface area contributed by atoms with E-state index < -0.39 is 0 Å². The molecule has 1 aliphatic carbocycles. The van der Waals surface area contributed by atoms with E-state index in [0.717, 1.165) is 28.7 Å². The van der Waals surface area contributed by atoms with Crippen LogP contribution in [0.5, 0.6) is 0 Å². The number of benzene rings is 2. The summed E-state index contributed by atoms with van der Waals surface area (Å²) in [6.07, 6.45) is 0.914. The molecule has 2 heteroatoms. The molecular weight excluding hydrogens is 210 g/mol. The van der Waals surface area contributed by atoms with Gasteiger partial charge in [0.15, 0.2) is 0 Å². The van der Waals surface area contributed by atoms with E-state index in [-0.39, 0.29) is 0 Å². The second-order valence-electron chi connectivity index (χ2n) is 4.18. The van der Waals surface area contributed by atoms with Gasteiger partial charge in [-0.05, 0) is 30.2 Å². The van der Waals surface area contributed by atoms with Gasteiger partial charge in [0.2, 0.25) is 0 Å². The lowest BCUT2D eigenvalue weighted by molar-refractivity contribution is 0.617. The molecule has 0 aromatic heterocycles. The van der Waals surface area contributed by atoms with Crippen molar-refractivity contribution in [2.24, 2.45) is 0 Å². The normalized spacial score (nSPS) is 11.1. The number of nitrogens with one attached hydrogen (secondary N) is 1. The van der Waals surface area contributed by atoms with E-state index in [4.69, 9.17) is 9.83 Å². The van der Waals surface area contributed by atoms with Crippen LogP contribution in [0.1, 0.15) is 12.5 Å². The largest absolute Gasteiger partial charge is 0.456 e. The van der Waals surface area contributed by atoms with Crippen LogP contribution in [0.15, 0.2) is 46.9 Å². The smallest absolute Gasteiger partial charge is 0.137 e. The monoisotopic (exact) mass is 223 g/mol. The highest BCUT2D eigenvalue weighted by atomic mass is 16.3. The van der Waals surface area contributed by atoms with Crippen molar-refractivity contribution in [2.45, 2.75) is 13.3 Å². The van der Waals surface area contributed by atoms with Gasteiger partial charge in [0.25, 0.3) is 0 Å². The van der Waals surface area contributed by atoms with Gasteiger partial charge in [0.1, 0.15) is 11.3 Å². The van der Waals surface area contributed by atoms with Gasteiger partial charge in [0, 0.05) is 17.0 Å². The van der Waals surface area contributed by atoms with Gasteiger partial charge in [-0.3, -0.25) is 0 Å². The standard InChI is InChI=1S/C15H13NO/c1-2-10-7-12(16)9-15-13(10)8-11-5-3-4-6-14(11)17-15/h3-9,16H,2H2,1H3. The Balaban J connectivity index is 2.47. The summed E-state index contributed by atoms with van der Waals surface area (Å²) in [5.41, 5.74) is 3.15. The molecule has 3 rings (SSSR count). The fraction of sp³-hybridized carbons (Fsp3) is 0.133. The third kappa shape index (κ3) is 1.62. The minimum atomic E-state index is 0.508. The Labute approximate surface area is 99.4 Å². The van der Waals surface area contributed by atoms with Crippen molar-refractivity contribution >= 4 is 11.0 Å². The second kappa shape index (κ2) is 3.74. The van der Waals surface area contributed by atoms with Gasteiger partial charge in [-0.1, -0.05) is 25.1 Å². The fourth-order valence-electron chi connectivity index (χ4n) is 2.19. The highest BCUT2D eigenvalue weighted by molar-refractivity contribution is 5.83. The lowest BCUT2D eigenvalue weighted by Crippen LogP contribution is -2.03. The van der Waals surface area contributed by atoms with Crippen LogP contribution in [0.3, 0.4) is 0 Å². The van der Waals surface area contributed by atoms with E-state index in [2.05, 4.69) is 13.0 Å². The molecule has 2 aliphatic rings. The molecule has 1 aliphatic heterocycles. The molecule has 0 bridgehead atoms. The summed E-state index contributed by atoms with van der Waals surface area (Å²) in [5.74, 6) is 0.799. The summed E-state index contributed by atoms with van der Waals surface area (Å²) in [6, 6.07) is 13.8. The number of para-hydroxylation sites is 1. The Kier molecular flexibility index (Phi) is 2.22. The summed E-state index contributed by atoms with van der Waals surface area (Å²) < 4.78 is 5.85. The van der Waals surface area contributed by atoms with Gasteiger partial charge >= 0.3 is 0 Å². The van der Waals surface area contributed by atoms with Gasteiger partial charge in [-0.2, -0.15) is 0 Å². The topological polar surface area (TPSA) is 37.0 Å². The van der Waals surface area contributed by atoms with Crippen molar-refractivity contribution in [3.8, 4) is 11.3 Å². The Hall–Kier alpha value is -2.09. The van der Waals surface area contributed by atoms with Gasteiger partial charge < -0.3 is 9.83 Å². The van der Waals surface area contributed by atoms with Crippen LogP contribution in [-0.4, -0.2) is 0 Å². The minimum Gasteiger partial charge on any atom is -0.456 e. The molecule has 0 atom stereocenters. The molecule has 1 aromatic rings. The Morgan fingerprint density at radius 2 is 1.94 bits per heavy atom. The highest BCUT2D eigenvalue weighted by Gasteiger charge is 2.10. The Bertz CT molecular complexity index is 712. The van der Waals surface area contributed by atoms with Gasteiger partial charge in [-0.15, -0.1) is 0 Å². The lowest BCUT2D eigenvalue weighted by Gasteiger charge is -2.11. The molecule has 1 aromatic carbocycles. The van der Waals surface area contributed by atoms with E-state index in [1.165, 1.54) is 5.56 Å². The molecule has 0 amide bonds. The molecule has 17 heavy (non-hydrogen) atoms. The van der Waals surface area contributed by atoms with Crippen LogP contribution in [0.2, 0.25) is 0 Å². The quantitative estimate of drug-likeness (QED) is 0.629. The van der Waals surface area contributed by atoms with Crippen molar-refractivity contribution < 1.29 is 4.42 Å². The molecule has 0 spiro atoms. The predicted molar refractivity (Wildman–Crippen MR) is 68.1 cm³/mol. The maximum atomic E-state index is 7.77.